The molecule has 16 heteroatoms. The smallest absolute Gasteiger partial charge is 0.318 e. The van der Waals surface area contributed by atoms with E-state index < -0.39 is 82.9 Å². The number of carbonyl (C=O) groups excluding carboxylic acids is 4. The van der Waals surface area contributed by atoms with Gasteiger partial charge in [-0.25, -0.2) is 22.4 Å². The number of halogens is 4. The number of oxime groups is 1. The van der Waals surface area contributed by atoms with Crippen LogP contribution in [0.1, 0.15) is 75.0 Å². The quantitative estimate of drug-likeness (QED) is 0.0907. The lowest BCUT2D eigenvalue weighted by Gasteiger charge is -2.45. The second-order valence-corrected chi connectivity index (χ2v) is 15.5. The summed E-state index contributed by atoms with van der Waals surface area (Å²) in [7, 11) is 0. The first-order valence-electron chi connectivity index (χ1n) is 17.8. The van der Waals surface area contributed by atoms with E-state index in [9.17, 15) is 41.9 Å². The Hall–Kier alpha value is -5.02. The summed E-state index contributed by atoms with van der Waals surface area (Å²) < 4.78 is 57.3. The lowest BCUT2D eigenvalue weighted by atomic mass is 9.81. The second kappa shape index (κ2) is 13.1. The van der Waals surface area contributed by atoms with Crippen molar-refractivity contribution in [3.05, 3.63) is 64.7 Å². The lowest BCUT2D eigenvalue weighted by molar-refractivity contribution is -0.133. The molecule has 53 heavy (non-hydrogen) atoms. The van der Waals surface area contributed by atoms with Crippen LogP contribution in [0.2, 0.25) is 0 Å². The van der Waals surface area contributed by atoms with Crippen LogP contribution in [0.5, 0.6) is 0 Å². The summed E-state index contributed by atoms with van der Waals surface area (Å²) in [6.45, 7) is 2.04. The molecule has 1 unspecified atom stereocenters. The topological polar surface area (TPSA) is 176 Å². The van der Waals surface area contributed by atoms with Gasteiger partial charge in [-0.1, -0.05) is 11.2 Å². The third kappa shape index (κ3) is 6.95. The average molecular weight is 740 g/mol. The summed E-state index contributed by atoms with van der Waals surface area (Å²) in [6.07, 6.45) is 1.60. The van der Waals surface area contributed by atoms with Gasteiger partial charge in [-0.05, 0) is 92.8 Å². The average Bonchev–Trinajstić information content (AvgIpc) is 4.02. The maximum atomic E-state index is 15.0. The van der Waals surface area contributed by atoms with E-state index in [1.165, 1.54) is 6.92 Å². The highest BCUT2D eigenvalue weighted by Gasteiger charge is 2.59. The molecule has 3 saturated carbocycles. The molecule has 12 nitrogen and oxygen atoms in total. The molecule has 4 fully saturated rings. The van der Waals surface area contributed by atoms with E-state index >= 15 is 0 Å². The Labute approximate surface area is 302 Å². The van der Waals surface area contributed by atoms with Crippen LogP contribution in [-0.4, -0.2) is 75.9 Å². The Morgan fingerprint density at radius 3 is 2.34 bits per heavy atom. The molecule has 0 radical (unpaired) electrons. The fraction of sp³-hybridized carbons (Fsp3) is 0.514. The van der Waals surface area contributed by atoms with Crippen molar-refractivity contribution in [3.8, 4) is 0 Å². The molecule has 2 atom stereocenters. The van der Waals surface area contributed by atoms with Gasteiger partial charge < -0.3 is 36.8 Å². The van der Waals surface area contributed by atoms with Crippen molar-refractivity contribution in [1.82, 2.24) is 20.9 Å². The van der Waals surface area contributed by atoms with Crippen molar-refractivity contribution in [3.63, 3.8) is 0 Å². The minimum absolute atomic E-state index is 0.0414. The van der Waals surface area contributed by atoms with E-state index in [1.807, 2.05) is 0 Å². The van der Waals surface area contributed by atoms with Gasteiger partial charge in [0.25, 0.3) is 5.91 Å². The van der Waals surface area contributed by atoms with Crippen molar-refractivity contribution in [2.75, 3.05) is 18.4 Å². The highest BCUT2D eigenvalue weighted by Crippen LogP contribution is 2.51. The number of nitrogens with one attached hydrogen (secondary N) is 5. The highest BCUT2D eigenvalue weighted by atomic mass is 19.3. The van der Waals surface area contributed by atoms with E-state index in [1.54, 1.807) is 23.1 Å². The molecule has 2 aromatic carbocycles. The molecule has 4 aliphatic carbocycles. The van der Waals surface area contributed by atoms with E-state index in [0.717, 1.165) is 36.6 Å². The van der Waals surface area contributed by atoms with Crippen LogP contribution in [0.4, 0.5) is 28.0 Å². The van der Waals surface area contributed by atoms with Gasteiger partial charge in [0.15, 0.2) is 5.71 Å². The predicted molar refractivity (Wildman–Crippen MR) is 184 cm³/mol. The molecule has 1 heterocycles. The van der Waals surface area contributed by atoms with Crippen molar-refractivity contribution < 1.29 is 41.9 Å². The van der Waals surface area contributed by atoms with Crippen LogP contribution < -0.4 is 21.3 Å². The largest absolute Gasteiger partial charge is 0.410 e. The fourth-order valence-corrected chi connectivity index (χ4v) is 8.18. The Balaban J connectivity index is 1.16. The molecule has 7 rings (SSSR count). The number of hydrogen-bond donors (Lipinski definition) is 6. The number of urea groups is 1. The summed E-state index contributed by atoms with van der Waals surface area (Å²) in [5, 5.41) is 31.1. The maximum Gasteiger partial charge on any atom is 0.318 e. The summed E-state index contributed by atoms with van der Waals surface area (Å²) in [6, 6.07) is 6.38. The van der Waals surface area contributed by atoms with Gasteiger partial charge in [-0.15, -0.1) is 0 Å². The number of benzene rings is 2. The minimum Gasteiger partial charge on any atom is -0.410 e. The Kier molecular flexibility index (Phi) is 9.00. The van der Waals surface area contributed by atoms with Gasteiger partial charge in [0.2, 0.25) is 17.7 Å². The molecule has 2 aromatic rings. The number of carbonyl (C=O) groups is 4. The Bertz CT molecular complexity index is 1920. The first-order chi connectivity index (χ1) is 25.1. The van der Waals surface area contributed by atoms with Gasteiger partial charge in [-0.2, -0.15) is 0 Å². The molecule has 5 aliphatic rings. The predicted octanol–water partition coefficient (Wildman–Crippen LogP) is 4.53. The zero-order valence-electron chi connectivity index (χ0n) is 29.1. The molecule has 6 N–H and O–H groups in total. The fourth-order valence-electron chi connectivity index (χ4n) is 8.18. The first kappa shape index (κ1) is 36.3. The zero-order chi connectivity index (χ0) is 37.9. The molecule has 1 spiro atoms. The number of rotatable bonds is 10. The lowest BCUT2D eigenvalue weighted by Crippen LogP contribution is -2.68. The van der Waals surface area contributed by atoms with Crippen molar-refractivity contribution in [2.24, 2.45) is 16.5 Å². The number of anilines is 1. The molecule has 1 aliphatic heterocycles. The van der Waals surface area contributed by atoms with Gasteiger partial charge in [0, 0.05) is 55.4 Å². The zero-order valence-corrected chi connectivity index (χ0v) is 29.1. The van der Waals surface area contributed by atoms with Gasteiger partial charge >= 0.3 is 6.03 Å². The van der Waals surface area contributed by atoms with Crippen molar-refractivity contribution >= 4 is 40.9 Å². The van der Waals surface area contributed by atoms with E-state index in [-0.39, 0.29) is 48.1 Å². The van der Waals surface area contributed by atoms with Gasteiger partial charge in [-0.3, -0.25) is 14.4 Å². The standard InChI is InChI=1S/C37H41F4N7O5/c1-20(42)28(47-53)30(49)45-29(21-6-8-37(40,41)9-7-21)31(50)44-25-4-2-22-16-36(17-23(22)14-25,48-19-34(10-11-34)18-43-33(48)52)32(51)46-35(12-13-35)26-15-24(38)3-5-27(26)39/h2-5,14-15,21,29,42,53H,6-13,16-19H2,1H3,(H,43,52)(H,44,50)(H,45,49)(H,46,51)/b42-20?,47-28+/t29-,36?/m0/s1. The number of nitrogens with zero attached hydrogens (tertiary/aromatic N) is 2. The van der Waals surface area contributed by atoms with Crippen molar-refractivity contribution in [1.29, 1.82) is 5.41 Å². The van der Waals surface area contributed by atoms with Crippen LogP contribution in [0.3, 0.4) is 0 Å². The van der Waals surface area contributed by atoms with Crippen LogP contribution in [-0.2, 0) is 32.8 Å². The first-order valence-corrected chi connectivity index (χ1v) is 17.8. The number of fused-ring (bicyclic) bond motifs is 1. The van der Waals surface area contributed by atoms with E-state index in [0.29, 0.717) is 31.5 Å². The van der Waals surface area contributed by atoms with Crippen LogP contribution >= 0.6 is 0 Å². The van der Waals surface area contributed by atoms with Crippen LogP contribution in [0.15, 0.2) is 41.6 Å². The van der Waals surface area contributed by atoms with Crippen molar-refractivity contribution in [2.45, 2.75) is 94.2 Å². The van der Waals surface area contributed by atoms with E-state index in [2.05, 4.69) is 26.4 Å². The monoisotopic (exact) mass is 739 g/mol. The van der Waals surface area contributed by atoms with Crippen LogP contribution in [0.25, 0.3) is 0 Å². The van der Waals surface area contributed by atoms with Gasteiger partial charge in [0.05, 0.1) is 11.3 Å². The van der Waals surface area contributed by atoms with Crippen LogP contribution in [0, 0.1) is 28.4 Å². The third-order valence-corrected chi connectivity index (χ3v) is 11.7. The molecule has 0 aromatic heterocycles. The molecule has 282 valence electrons. The maximum absolute atomic E-state index is 15.0. The molecule has 1 saturated heterocycles. The second-order valence-electron chi connectivity index (χ2n) is 15.5. The molecule has 0 bridgehead atoms. The normalized spacial score (nSPS) is 24.4. The molecular weight excluding hydrogens is 698 g/mol. The third-order valence-electron chi connectivity index (χ3n) is 11.7. The SMILES string of the molecule is CC(=N)/C(=N\O)C(=O)N[C@H](C(=O)Nc1ccc2c(c1)CC(C(=O)NC1(c3cc(F)ccc3F)CC1)(N1CC3(CC3)CNC1=O)C2)C1CCC(F)(F)CC1. The molecular formula is C37H41F4N7O5. The number of amides is 5. The summed E-state index contributed by atoms with van der Waals surface area (Å²) >= 11 is 0. The Morgan fingerprint density at radius 2 is 1.70 bits per heavy atom. The minimum atomic E-state index is -2.90. The van der Waals surface area contributed by atoms with E-state index in [4.69, 9.17) is 5.41 Å². The van der Waals surface area contributed by atoms with Gasteiger partial charge in [0.1, 0.15) is 23.2 Å². The summed E-state index contributed by atoms with van der Waals surface area (Å²) in [5.41, 5.74) is -2.02. The summed E-state index contributed by atoms with van der Waals surface area (Å²) in [4.78, 5) is 56.4. The molecule has 5 amide bonds. The number of alkyl halides is 2. The summed E-state index contributed by atoms with van der Waals surface area (Å²) in [5.74, 6) is -7.10. The Morgan fingerprint density at radius 1 is 1.00 bits per heavy atom. The number of hydrogen-bond acceptors (Lipinski definition) is 7. The highest BCUT2D eigenvalue weighted by molar-refractivity contribution is 6.65.